The zero-order valence-corrected chi connectivity index (χ0v) is 8.87. The van der Waals surface area contributed by atoms with Gasteiger partial charge in [0.05, 0.1) is 0 Å². The molecule has 0 aliphatic carbocycles. The van der Waals surface area contributed by atoms with Gasteiger partial charge in [0.15, 0.2) is 0 Å². The van der Waals surface area contributed by atoms with Gasteiger partial charge < -0.3 is 0 Å². The monoisotopic (exact) mass is 231 g/mol. The maximum absolute atomic E-state index is 8.46. The molecule has 0 atom stereocenters. The van der Waals surface area contributed by atoms with Crippen LogP contribution in [0, 0.1) is 0 Å². The molecule has 79 valence electrons. The first kappa shape index (κ1) is 13.5. The van der Waals surface area contributed by atoms with Crippen LogP contribution in [-0.2, 0) is 29.0 Å². The maximum atomic E-state index is 8.46. The first-order valence-electron chi connectivity index (χ1n) is 3.93. The Bertz CT molecular complexity index is 84.1. The zero-order valence-electron chi connectivity index (χ0n) is 7.31. The first-order chi connectivity index (χ1) is 6.35. The molecule has 0 saturated heterocycles. The van der Waals surface area contributed by atoms with Crippen molar-refractivity contribution in [2.24, 2.45) is 0 Å². The number of aliphatic hydroxyl groups is 3. The van der Waals surface area contributed by atoms with Crippen molar-refractivity contribution >= 4 is 0 Å². The Kier molecular flexibility index (Phi) is 10.9. The van der Waals surface area contributed by atoms with Crippen molar-refractivity contribution < 1.29 is 44.3 Å². The molecule has 6 nitrogen and oxygen atoms in total. The second-order valence-corrected chi connectivity index (χ2v) is 4.10. The van der Waals surface area contributed by atoms with Gasteiger partial charge in [0.25, 0.3) is 0 Å². The van der Waals surface area contributed by atoms with E-state index in [-0.39, 0.29) is 39.6 Å². The molecule has 0 aliphatic heterocycles. The van der Waals surface area contributed by atoms with Crippen LogP contribution < -0.4 is 0 Å². The first-order valence-corrected chi connectivity index (χ1v) is 5.84. The number of hydrogen-bond acceptors (Lipinski definition) is 6. The van der Waals surface area contributed by atoms with Crippen LogP contribution in [0.3, 0.4) is 0 Å². The van der Waals surface area contributed by atoms with Gasteiger partial charge in [-0.15, -0.1) is 0 Å². The predicted molar refractivity (Wildman–Crippen MR) is 39.1 cm³/mol. The molecule has 0 saturated carbocycles. The molecule has 0 bridgehead atoms. The molecule has 3 N–H and O–H groups in total. The molecule has 0 unspecified atom stereocenters. The van der Waals surface area contributed by atoms with Gasteiger partial charge >= 0.3 is 84.0 Å². The van der Waals surface area contributed by atoms with Crippen LogP contribution in [0.2, 0.25) is 0 Å². The van der Waals surface area contributed by atoms with E-state index < -0.39 is 19.0 Å². The van der Waals surface area contributed by atoms with Gasteiger partial charge in [-0.25, -0.2) is 0 Å². The molecule has 0 rings (SSSR count). The number of hydrogen-bond donors (Lipinski definition) is 3. The molecular formula is C6H15O6Ti. The minimum absolute atomic E-state index is 0.0958. The van der Waals surface area contributed by atoms with Gasteiger partial charge in [-0.3, -0.25) is 0 Å². The summed E-state index contributed by atoms with van der Waals surface area (Å²) in [5.41, 5.74) is 0. The molecule has 0 aromatic heterocycles. The Labute approximate surface area is 84.3 Å². The Morgan fingerprint density at radius 1 is 0.692 bits per heavy atom. The van der Waals surface area contributed by atoms with E-state index in [9.17, 15) is 0 Å². The number of rotatable bonds is 9. The normalized spacial score (nSPS) is 10.4. The molecule has 13 heavy (non-hydrogen) atoms. The predicted octanol–water partition coefficient (Wildman–Crippen LogP) is -1.62. The third-order valence-electron chi connectivity index (χ3n) is 0.934. The Morgan fingerprint density at radius 2 is 1.00 bits per heavy atom. The van der Waals surface area contributed by atoms with Crippen molar-refractivity contribution in [1.82, 2.24) is 0 Å². The van der Waals surface area contributed by atoms with Gasteiger partial charge in [-0.05, 0) is 0 Å². The van der Waals surface area contributed by atoms with Crippen molar-refractivity contribution in [2.75, 3.05) is 39.6 Å². The van der Waals surface area contributed by atoms with E-state index in [1.165, 1.54) is 0 Å². The van der Waals surface area contributed by atoms with Crippen LogP contribution in [0.1, 0.15) is 0 Å². The fourth-order valence-corrected chi connectivity index (χ4v) is 2.11. The van der Waals surface area contributed by atoms with Crippen LogP contribution in [0.4, 0.5) is 0 Å². The zero-order chi connectivity index (χ0) is 9.94. The Hall–Kier alpha value is 0.474. The molecule has 0 amide bonds. The second kappa shape index (κ2) is 10.6. The van der Waals surface area contributed by atoms with Crippen molar-refractivity contribution in [1.29, 1.82) is 0 Å². The summed E-state index contributed by atoms with van der Waals surface area (Å²) < 4.78 is 15.1. The van der Waals surface area contributed by atoms with Gasteiger partial charge in [-0.2, -0.15) is 0 Å². The van der Waals surface area contributed by atoms with Crippen molar-refractivity contribution in [2.45, 2.75) is 0 Å². The van der Waals surface area contributed by atoms with Crippen LogP contribution in [0.5, 0.6) is 0 Å². The van der Waals surface area contributed by atoms with E-state index in [2.05, 4.69) is 0 Å². The molecule has 0 fully saturated rings. The summed E-state index contributed by atoms with van der Waals surface area (Å²) in [5.74, 6) is 0. The van der Waals surface area contributed by atoms with E-state index in [1.54, 1.807) is 0 Å². The van der Waals surface area contributed by atoms with Gasteiger partial charge in [-0.1, -0.05) is 0 Å². The molecule has 0 radical (unpaired) electrons. The van der Waals surface area contributed by atoms with Crippen molar-refractivity contribution in [3.05, 3.63) is 0 Å². The summed E-state index contributed by atoms with van der Waals surface area (Å²) in [7, 11) is 0. The summed E-state index contributed by atoms with van der Waals surface area (Å²) in [5, 5.41) is 25.4. The van der Waals surface area contributed by atoms with E-state index in [4.69, 9.17) is 25.3 Å². The second-order valence-electron chi connectivity index (χ2n) is 1.97. The molecule has 7 heteroatoms. The van der Waals surface area contributed by atoms with Crippen LogP contribution in [0.25, 0.3) is 0 Å². The Morgan fingerprint density at radius 3 is 1.23 bits per heavy atom. The third kappa shape index (κ3) is 8.79. The minimum atomic E-state index is -2.53. The summed E-state index contributed by atoms with van der Waals surface area (Å²) >= 11 is -2.53. The van der Waals surface area contributed by atoms with Crippen LogP contribution >= 0.6 is 0 Å². The SMILES string of the molecule is OCC[O][Ti]([O]CCO)[O]CCO. The van der Waals surface area contributed by atoms with Crippen LogP contribution in [0.15, 0.2) is 0 Å². The standard InChI is InChI=1S/3C2H5O2.Ti/c3*3-1-2-4;/h3*3H,1-2H2;/q3*-1;+3. The third-order valence-corrected chi connectivity index (χ3v) is 2.99. The fraction of sp³-hybridized carbons (Fsp3) is 1.00. The van der Waals surface area contributed by atoms with E-state index in [0.29, 0.717) is 0 Å². The van der Waals surface area contributed by atoms with Gasteiger partial charge in [0, 0.05) is 0 Å². The van der Waals surface area contributed by atoms with E-state index in [0.717, 1.165) is 0 Å². The summed E-state index contributed by atoms with van der Waals surface area (Å²) in [4.78, 5) is 0. The van der Waals surface area contributed by atoms with Crippen LogP contribution in [-0.4, -0.2) is 55.0 Å². The van der Waals surface area contributed by atoms with Gasteiger partial charge in [0.2, 0.25) is 0 Å². The topological polar surface area (TPSA) is 88.4 Å². The van der Waals surface area contributed by atoms with E-state index in [1.807, 2.05) is 0 Å². The summed E-state index contributed by atoms with van der Waals surface area (Å²) in [6.45, 7) is 0.189. The molecule has 0 aromatic rings. The number of aliphatic hydroxyl groups excluding tert-OH is 3. The fourth-order valence-electron chi connectivity index (χ4n) is 0.512. The molecule has 0 aliphatic rings. The average molecular weight is 231 g/mol. The molecule has 0 aromatic carbocycles. The summed E-state index contributed by atoms with van der Waals surface area (Å²) in [6, 6.07) is 0. The van der Waals surface area contributed by atoms with Gasteiger partial charge in [0.1, 0.15) is 0 Å². The quantitative estimate of drug-likeness (QED) is 0.413. The Balaban J connectivity index is 3.47. The van der Waals surface area contributed by atoms with Crippen molar-refractivity contribution in [3.8, 4) is 0 Å². The summed E-state index contributed by atoms with van der Waals surface area (Å²) in [6.07, 6.45) is 0. The van der Waals surface area contributed by atoms with E-state index >= 15 is 0 Å². The average Bonchev–Trinajstić information content (AvgIpc) is 2.17. The van der Waals surface area contributed by atoms with Crippen molar-refractivity contribution in [3.63, 3.8) is 0 Å². The molecule has 0 spiro atoms. The molecular weight excluding hydrogens is 216 g/mol. The molecule has 0 heterocycles.